The molecule has 0 bridgehead atoms. The fourth-order valence-electron chi connectivity index (χ4n) is 8.43. The lowest BCUT2D eigenvalue weighted by molar-refractivity contribution is 0.168. The first-order chi connectivity index (χ1) is 24.7. The van der Waals surface area contributed by atoms with E-state index in [1.165, 1.54) is 271 Å². The molecule has 3 nitrogen and oxygen atoms in total. The van der Waals surface area contributed by atoms with Crippen molar-refractivity contribution in [2.45, 2.75) is 252 Å². The molecule has 0 N–H and O–H groups in total. The Kier molecular flexibility index (Phi) is 37.0. The maximum atomic E-state index is 2.87. The molecule has 0 radical (unpaired) electrons. The molecular weight excluding hydrogens is 607 g/mol. The van der Waals surface area contributed by atoms with Crippen molar-refractivity contribution in [3.8, 4) is 0 Å². The van der Waals surface area contributed by atoms with Gasteiger partial charge in [0, 0.05) is 25.7 Å². The fraction of sp³-hybridized carbons (Fsp3) is 1.00. The van der Waals surface area contributed by atoms with Crippen LogP contribution in [0.1, 0.15) is 246 Å². The topological polar surface area (TPSA) is 9.72 Å². The molecule has 1 atom stereocenters. The van der Waals surface area contributed by atoms with E-state index in [1.54, 1.807) is 0 Å². The molecule has 1 saturated heterocycles. The van der Waals surface area contributed by atoms with E-state index >= 15 is 0 Å². The molecule has 0 aromatic rings. The van der Waals surface area contributed by atoms with E-state index in [2.05, 4.69) is 42.4 Å². The van der Waals surface area contributed by atoms with Crippen LogP contribution in [0.25, 0.3) is 0 Å². The molecule has 1 fully saturated rings. The van der Waals surface area contributed by atoms with Gasteiger partial charge in [-0.2, -0.15) is 0 Å². The van der Waals surface area contributed by atoms with Gasteiger partial charge < -0.3 is 9.80 Å². The van der Waals surface area contributed by atoms with Gasteiger partial charge >= 0.3 is 0 Å². The summed E-state index contributed by atoms with van der Waals surface area (Å²) < 4.78 is 0. The molecular formula is C47H97N3. The Morgan fingerprint density at radius 2 is 0.720 bits per heavy atom. The van der Waals surface area contributed by atoms with Crippen LogP contribution >= 0.6 is 0 Å². The van der Waals surface area contributed by atoms with E-state index in [-0.39, 0.29) is 0 Å². The molecule has 3 heteroatoms. The average molecular weight is 704 g/mol. The highest BCUT2D eigenvalue weighted by Gasteiger charge is 2.21. The molecule has 0 aromatic carbocycles. The quantitative estimate of drug-likeness (QED) is 0.0590. The van der Waals surface area contributed by atoms with Crippen LogP contribution in [0.2, 0.25) is 0 Å². The molecule has 0 aromatic heterocycles. The predicted molar refractivity (Wildman–Crippen MR) is 228 cm³/mol. The maximum Gasteiger partial charge on any atom is 0.0194 e. The first-order valence-electron chi connectivity index (χ1n) is 23.9. The van der Waals surface area contributed by atoms with E-state index in [0.717, 1.165) is 0 Å². The van der Waals surface area contributed by atoms with Crippen molar-refractivity contribution in [3.05, 3.63) is 0 Å². The van der Waals surface area contributed by atoms with Crippen LogP contribution in [0.5, 0.6) is 0 Å². The standard InChI is InChI=1S/C47H97N3/c1-5-8-11-14-17-20-23-25-28-31-34-37-42-50-43-38-41-49(46-47(50)4)45-44-48(39-35-32-29-26-22-19-16-13-10-7-3)40-36-33-30-27-24-21-18-15-12-9-6-2/h47H,5-46H2,1-4H3. The Hall–Kier alpha value is -0.120. The van der Waals surface area contributed by atoms with Gasteiger partial charge in [0.15, 0.2) is 0 Å². The van der Waals surface area contributed by atoms with Gasteiger partial charge in [-0.3, -0.25) is 4.90 Å². The zero-order chi connectivity index (χ0) is 36.0. The molecule has 1 unspecified atom stereocenters. The van der Waals surface area contributed by atoms with Gasteiger partial charge in [0.05, 0.1) is 0 Å². The van der Waals surface area contributed by atoms with Crippen LogP contribution in [0, 0.1) is 0 Å². The summed E-state index contributed by atoms with van der Waals surface area (Å²) in [5.41, 5.74) is 0. The lowest BCUT2D eigenvalue weighted by Crippen LogP contribution is -2.42. The van der Waals surface area contributed by atoms with E-state index in [1.807, 2.05) is 0 Å². The fourth-order valence-corrected chi connectivity index (χ4v) is 8.43. The first-order valence-corrected chi connectivity index (χ1v) is 23.9. The van der Waals surface area contributed by atoms with Gasteiger partial charge in [0.1, 0.15) is 0 Å². The highest BCUT2D eigenvalue weighted by molar-refractivity contribution is 4.78. The van der Waals surface area contributed by atoms with E-state index < -0.39 is 0 Å². The van der Waals surface area contributed by atoms with E-state index in [0.29, 0.717) is 6.04 Å². The second-order valence-corrected chi connectivity index (χ2v) is 17.0. The second kappa shape index (κ2) is 38.6. The molecule has 0 saturated carbocycles. The average Bonchev–Trinajstić information content (AvgIpc) is 3.30. The van der Waals surface area contributed by atoms with Crippen LogP contribution in [0.15, 0.2) is 0 Å². The van der Waals surface area contributed by atoms with Crippen molar-refractivity contribution in [3.63, 3.8) is 0 Å². The lowest BCUT2D eigenvalue weighted by Gasteiger charge is -2.30. The predicted octanol–water partition coefficient (Wildman–Crippen LogP) is 14.6. The minimum atomic E-state index is 0.715. The minimum absolute atomic E-state index is 0.715. The summed E-state index contributed by atoms with van der Waals surface area (Å²) in [5, 5.41) is 0. The molecule has 1 aliphatic heterocycles. The van der Waals surface area contributed by atoms with Crippen molar-refractivity contribution in [2.24, 2.45) is 0 Å². The molecule has 1 rings (SSSR count). The number of nitrogens with zero attached hydrogens (tertiary/aromatic N) is 3. The Labute approximate surface area is 318 Å². The zero-order valence-corrected chi connectivity index (χ0v) is 35.6. The van der Waals surface area contributed by atoms with Crippen LogP contribution in [0.3, 0.4) is 0 Å². The van der Waals surface area contributed by atoms with Crippen LogP contribution in [-0.2, 0) is 0 Å². The van der Waals surface area contributed by atoms with Crippen LogP contribution in [0.4, 0.5) is 0 Å². The smallest absolute Gasteiger partial charge is 0.0194 e. The summed E-state index contributed by atoms with van der Waals surface area (Å²) in [7, 11) is 0. The zero-order valence-electron chi connectivity index (χ0n) is 35.6. The molecule has 1 aliphatic rings. The molecule has 0 amide bonds. The van der Waals surface area contributed by atoms with Gasteiger partial charge in [-0.25, -0.2) is 0 Å². The van der Waals surface area contributed by atoms with Crippen molar-refractivity contribution in [2.75, 3.05) is 52.4 Å². The normalized spacial score (nSPS) is 16.1. The number of unbranched alkanes of at least 4 members (excludes halogenated alkanes) is 30. The first kappa shape index (κ1) is 47.9. The Balaban J connectivity index is 2.28. The third-order valence-electron chi connectivity index (χ3n) is 12.0. The SMILES string of the molecule is CCCCCCCCCCCCCCN1CCCN(CCN(CCCCCCCCCCCC)CCCCCCCCCCCCC)CC1C. The van der Waals surface area contributed by atoms with Crippen molar-refractivity contribution >= 4 is 0 Å². The summed E-state index contributed by atoms with van der Waals surface area (Å²) in [4.78, 5) is 8.54. The highest BCUT2D eigenvalue weighted by Crippen LogP contribution is 2.16. The van der Waals surface area contributed by atoms with Gasteiger partial charge in [-0.15, -0.1) is 0 Å². The summed E-state index contributed by atoms with van der Waals surface area (Å²) in [6.45, 7) is 20.0. The van der Waals surface area contributed by atoms with Gasteiger partial charge in [-0.05, 0) is 65.3 Å². The minimum Gasteiger partial charge on any atom is -0.302 e. The Morgan fingerprint density at radius 3 is 1.10 bits per heavy atom. The maximum absolute atomic E-state index is 2.87. The summed E-state index contributed by atoms with van der Waals surface area (Å²) >= 11 is 0. The van der Waals surface area contributed by atoms with Crippen molar-refractivity contribution in [1.29, 1.82) is 0 Å². The number of rotatable bonds is 39. The van der Waals surface area contributed by atoms with Gasteiger partial charge in [0.2, 0.25) is 0 Å². The Morgan fingerprint density at radius 1 is 0.380 bits per heavy atom. The lowest BCUT2D eigenvalue weighted by atomic mass is 10.1. The Bertz CT molecular complexity index is 638. The van der Waals surface area contributed by atoms with Crippen molar-refractivity contribution < 1.29 is 0 Å². The molecule has 0 aliphatic carbocycles. The molecule has 0 spiro atoms. The number of hydrogen-bond donors (Lipinski definition) is 0. The molecule has 50 heavy (non-hydrogen) atoms. The number of hydrogen-bond acceptors (Lipinski definition) is 3. The highest BCUT2D eigenvalue weighted by atomic mass is 15.3. The third kappa shape index (κ3) is 31.4. The van der Waals surface area contributed by atoms with Crippen LogP contribution < -0.4 is 0 Å². The summed E-state index contributed by atoms with van der Waals surface area (Å²) in [5.74, 6) is 0. The summed E-state index contributed by atoms with van der Waals surface area (Å²) in [6.07, 6.45) is 49.1. The van der Waals surface area contributed by atoms with E-state index in [4.69, 9.17) is 0 Å². The summed E-state index contributed by atoms with van der Waals surface area (Å²) in [6, 6.07) is 0.715. The van der Waals surface area contributed by atoms with E-state index in [9.17, 15) is 0 Å². The monoisotopic (exact) mass is 704 g/mol. The third-order valence-corrected chi connectivity index (χ3v) is 12.0. The largest absolute Gasteiger partial charge is 0.302 e. The van der Waals surface area contributed by atoms with Crippen molar-refractivity contribution in [1.82, 2.24) is 14.7 Å². The van der Waals surface area contributed by atoms with Gasteiger partial charge in [0.25, 0.3) is 0 Å². The second-order valence-electron chi connectivity index (χ2n) is 17.0. The van der Waals surface area contributed by atoms with Gasteiger partial charge in [-0.1, -0.05) is 213 Å². The molecule has 1 heterocycles. The molecule has 300 valence electrons. The van der Waals surface area contributed by atoms with Crippen LogP contribution in [-0.4, -0.2) is 73.1 Å².